The van der Waals surface area contributed by atoms with Gasteiger partial charge in [-0.3, -0.25) is 0 Å². The highest BCUT2D eigenvalue weighted by molar-refractivity contribution is 6.71. The summed E-state index contributed by atoms with van der Waals surface area (Å²) in [4.78, 5) is 3.39. The van der Waals surface area contributed by atoms with E-state index in [9.17, 15) is 0 Å². The van der Waals surface area contributed by atoms with Gasteiger partial charge in [0.1, 0.15) is 116 Å². The topological polar surface area (TPSA) is 42.1 Å². The van der Waals surface area contributed by atoms with Crippen LogP contribution in [0.15, 0.2) is 8.83 Å². The predicted molar refractivity (Wildman–Crippen MR) is 175 cm³/mol. The van der Waals surface area contributed by atoms with Crippen LogP contribution in [0.2, 0.25) is 0 Å². The lowest BCUT2D eigenvalue weighted by Gasteiger charge is -2.12. The maximum atomic E-state index is 6.58. The standard InChI is InChI=1S/C24HB12NO2/c25-7-1-2-8(26)16(34)24-6(4-10(28)12(30)14(32)18(36)22(4)39-24)20(2)37-19(1)5-3-9(27)11(29)13(31)17(35)21(3)38-23(5)15(7)33/h37H. The van der Waals surface area contributed by atoms with Gasteiger partial charge in [0, 0.05) is 10.8 Å². The van der Waals surface area contributed by atoms with Crippen molar-refractivity contribution in [2.24, 2.45) is 0 Å². The van der Waals surface area contributed by atoms with Crippen molar-refractivity contribution in [1.29, 1.82) is 0 Å². The van der Waals surface area contributed by atoms with E-state index in [1.54, 1.807) is 0 Å². The average Bonchev–Trinajstić information content (AvgIpc) is 3.62. The molecule has 150 valence electrons. The van der Waals surface area contributed by atoms with E-state index in [-0.39, 0.29) is 87.9 Å². The summed E-state index contributed by atoms with van der Waals surface area (Å²) >= 11 is 0. The number of aromatic nitrogens is 1. The third-order valence-corrected chi connectivity index (χ3v) is 7.69. The molecule has 0 bridgehead atoms. The van der Waals surface area contributed by atoms with Crippen molar-refractivity contribution in [3.05, 3.63) is 0 Å². The van der Waals surface area contributed by atoms with E-state index in [2.05, 4.69) is 4.98 Å². The van der Waals surface area contributed by atoms with E-state index < -0.39 is 0 Å². The summed E-state index contributed by atoms with van der Waals surface area (Å²) in [5.41, 5.74) is 3.35. The number of benzene rings is 4. The Labute approximate surface area is 238 Å². The lowest BCUT2D eigenvalue weighted by Crippen LogP contribution is -2.47. The molecule has 0 aliphatic carbocycles. The molecule has 7 aromatic rings. The van der Waals surface area contributed by atoms with Crippen LogP contribution in [0, 0.1) is 0 Å². The molecule has 0 unspecified atom stereocenters. The summed E-state index contributed by atoms with van der Waals surface area (Å²) in [5.74, 6) is 0. The normalized spacial score (nSPS) is 12.3. The van der Waals surface area contributed by atoms with Gasteiger partial charge in [0.15, 0.2) is 0 Å². The number of nitrogens with one attached hydrogen (secondary N) is 1. The van der Waals surface area contributed by atoms with Gasteiger partial charge < -0.3 is 13.8 Å². The van der Waals surface area contributed by atoms with Crippen molar-refractivity contribution < 1.29 is 8.83 Å². The second-order valence-corrected chi connectivity index (χ2v) is 9.61. The summed E-state index contributed by atoms with van der Waals surface area (Å²) in [6.07, 6.45) is 0. The zero-order chi connectivity index (χ0) is 28.0. The van der Waals surface area contributed by atoms with Crippen LogP contribution < -0.4 is 65.6 Å². The summed E-state index contributed by atoms with van der Waals surface area (Å²) < 4.78 is 12.1. The molecule has 0 atom stereocenters. The minimum atomic E-state index is 0.0898. The Morgan fingerprint density at radius 3 is 0.897 bits per heavy atom. The zero-order valence-corrected chi connectivity index (χ0v) is 20.2. The molecular formula is C24HB12NO2. The highest BCUT2D eigenvalue weighted by Gasteiger charge is 2.26. The Bertz CT molecular complexity index is 2150. The van der Waals surface area contributed by atoms with Crippen LogP contribution in [0.3, 0.4) is 0 Å². The number of hydrogen-bond donors (Lipinski definition) is 1. The Balaban J connectivity index is 1.85. The number of H-pyrrole nitrogens is 1. The van der Waals surface area contributed by atoms with Gasteiger partial charge in [-0.15, -0.1) is 21.9 Å². The van der Waals surface area contributed by atoms with Crippen molar-refractivity contribution >= 4 is 225 Å². The van der Waals surface area contributed by atoms with Crippen molar-refractivity contribution in [1.82, 2.24) is 4.98 Å². The molecule has 3 aromatic heterocycles. The molecule has 3 nitrogen and oxygen atoms in total. The summed E-state index contributed by atoms with van der Waals surface area (Å²) in [6.45, 7) is 0. The van der Waals surface area contributed by atoms with Gasteiger partial charge in [-0.05, 0) is 10.8 Å². The monoisotopic (exact) mass is 467 g/mol. The van der Waals surface area contributed by atoms with Gasteiger partial charge in [-0.1, -0.05) is 43.7 Å². The van der Waals surface area contributed by atoms with E-state index in [0.717, 1.165) is 0 Å². The SMILES string of the molecule is [B]c1c([B])c([B])c2c(oc3c([B])c([B])c4c([nH]c5c4c([B])c([B])c4oc6c([B])c([B])c([B])c([B])c6c45)c32)c1[B]. The van der Waals surface area contributed by atoms with E-state index in [0.29, 0.717) is 43.4 Å². The lowest BCUT2D eigenvalue weighted by molar-refractivity contribution is 0.674. The molecule has 7 rings (SSSR count). The van der Waals surface area contributed by atoms with E-state index >= 15 is 0 Å². The minimum absolute atomic E-state index is 0.0898. The van der Waals surface area contributed by atoms with Gasteiger partial charge >= 0.3 is 0 Å². The average molecular weight is 465 g/mol. The van der Waals surface area contributed by atoms with Crippen molar-refractivity contribution in [2.75, 3.05) is 0 Å². The lowest BCUT2D eigenvalue weighted by atomic mass is 9.65. The van der Waals surface area contributed by atoms with Gasteiger partial charge in [0.2, 0.25) is 0 Å². The number of rotatable bonds is 0. The summed E-state index contributed by atoms with van der Waals surface area (Å²) in [7, 11) is 76.0. The van der Waals surface area contributed by atoms with Gasteiger partial charge in [-0.2, -0.15) is 0 Å². The zero-order valence-electron chi connectivity index (χ0n) is 20.2. The molecule has 15 heteroatoms. The Morgan fingerprint density at radius 2 is 0.538 bits per heavy atom. The smallest absolute Gasteiger partial charge is 0.129 e. The van der Waals surface area contributed by atoms with Gasteiger partial charge in [0.25, 0.3) is 0 Å². The fraction of sp³-hybridized carbons (Fsp3) is 0. The molecule has 0 amide bonds. The largest absolute Gasteiger partial charge is 0.457 e. The van der Waals surface area contributed by atoms with Crippen LogP contribution in [0.1, 0.15) is 0 Å². The maximum Gasteiger partial charge on any atom is 0.129 e. The number of fused-ring (bicyclic) bond motifs is 11. The second-order valence-electron chi connectivity index (χ2n) is 9.61. The third-order valence-electron chi connectivity index (χ3n) is 7.69. The summed E-state index contributed by atoms with van der Waals surface area (Å²) in [5, 5.41) is 2.65. The van der Waals surface area contributed by atoms with E-state index in [1.165, 1.54) is 0 Å². The van der Waals surface area contributed by atoms with Crippen molar-refractivity contribution in [2.45, 2.75) is 0 Å². The number of hydrogen-bond acceptors (Lipinski definition) is 2. The van der Waals surface area contributed by atoms with Gasteiger partial charge in [-0.25, -0.2) is 0 Å². The first kappa shape index (κ1) is 25.1. The van der Waals surface area contributed by atoms with Crippen molar-refractivity contribution in [3.63, 3.8) is 0 Å². The molecule has 4 aromatic carbocycles. The second kappa shape index (κ2) is 7.83. The first-order valence-corrected chi connectivity index (χ1v) is 11.5. The van der Waals surface area contributed by atoms with E-state index in [1.807, 2.05) is 0 Å². The maximum absolute atomic E-state index is 6.58. The first-order chi connectivity index (χ1) is 18.4. The number of aromatic amines is 1. The molecule has 1 N–H and O–H groups in total. The van der Waals surface area contributed by atoms with Crippen LogP contribution in [-0.4, -0.2) is 99.1 Å². The van der Waals surface area contributed by atoms with Crippen LogP contribution >= 0.6 is 0 Å². The number of furan rings is 2. The predicted octanol–water partition coefficient (Wildman–Crippen LogP) is -7.35. The molecule has 0 spiro atoms. The molecule has 0 fully saturated rings. The van der Waals surface area contributed by atoms with Crippen LogP contribution in [0.5, 0.6) is 0 Å². The Morgan fingerprint density at radius 1 is 0.282 bits per heavy atom. The molecule has 3 heterocycles. The fourth-order valence-electron chi connectivity index (χ4n) is 5.63. The molecule has 0 saturated heterocycles. The highest BCUT2D eigenvalue weighted by Crippen LogP contribution is 2.37. The third kappa shape index (κ3) is 2.80. The van der Waals surface area contributed by atoms with Crippen LogP contribution in [0.4, 0.5) is 0 Å². The molecule has 0 saturated carbocycles. The van der Waals surface area contributed by atoms with Gasteiger partial charge in [0.05, 0.1) is 21.8 Å². The van der Waals surface area contributed by atoms with Crippen molar-refractivity contribution in [3.8, 4) is 0 Å². The molecule has 39 heavy (non-hydrogen) atoms. The molecule has 0 aliphatic rings. The quantitative estimate of drug-likeness (QED) is 0.227. The highest BCUT2D eigenvalue weighted by atomic mass is 16.3. The fourth-order valence-corrected chi connectivity index (χ4v) is 5.63. The molecule has 24 radical (unpaired) electrons. The Hall–Kier alpha value is -2.94. The molecular weight excluding hydrogens is 464 g/mol. The molecule has 0 aliphatic heterocycles. The van der Waals surface area contributed by atoms with Crippen LogP contribution in [-0.2, 0) is 0 Å². The van der Waals surface area contributed by atoms with E-state index in [4.69, 9.17) is 103 Å². The summed E-state index contributed by atoms with van der Waals surface area (Å²) in [6, 6.07) is 0. The first-order valence-electron chi connectivity index (χ1n) is 11.5. The van der Waals surface area contributed by atoms with Crippen LogP contribution in [0.25, 0.3) is 65.7 Å². The minimum Gasteiger partial charge on any atom is -0.457 e. The Kier molecular flexibility index (Phi) is 5.03.